The number of amides is 1. The zero-order valence-corrected chi connectivity index (χ0v) is 14.8. The number of halogens is 1. The second-order valence-corrected chi connectivity index (χ2v) is 6.10. The Hall–Kier alpha value is -2.87. The van der Waals surface area contributed by atoms with E-state index in [1.54, 1.807) is 6.07 Å². The number of hydrogen-bond acceptors (Lipinski definition) is 6. The van der Waals surface area contributed by atoms with Crippen LogP contribution in [0.2, 0.25) is 0 Å². The lowest BCUT2D eigenvalue weighted by Gasteiger charge is -2.03. The summed E-state index contributed by atoms with van der Waals surface area (Å²) in [6.07, 6.45) is 0. The molecule has 3 aromatic rings. The maximum absolute atomic E-state index is 13.1. The molecule has 1 heterocycles. The minimum atomic E-state index is -0.410. The smallest absolute Gasteiger partial charge is 0.277 e. The number of anilines is 1. The van der Waals surface area contributed by atoms with Gasteiger partial charge in [-0.05, 0) is 49.4 Å². The minimum Gasteiger partial charge on any atom is -0.494 e. The van der Waals surface area contributed by atoms with Crippen LogP contribution in [0.5, 0.6) is 5.75 Å². The van der Waals surface area contributed by atoms with Gasteiger partial charge in [-0.3, -0.25) is 4.79 Å². The van der Waals surface area contributed by atoms with Crippen molar-refractivity contribution in [3.05, 3.63) is 54.3 Å². The Labute approximate surface area is 153 Å². The van der Waals surface area contributed by atoms with E-state index in [1.165, 1.54) is 18.2 Å². The maximum atomic E-state index is 13.1. The summed E-state index contributed by atoms with van der Waals surface area (Å²) < 4.78 is 24.0. The predicted molar refractivity (Wildman–Crippen MR) is 96.7 cm³/mol. The molecule has 0 radical (unpaired) electrons. The first-order valence-electron chi connectivity index (χ1n) is 7.89. The highest BCUT2D eigenvalue weighted by Gasteiger charge is 2.12. The van der Waals surface area contributed by atoms with E-state index in [-0.39, 0.29) is 16.9 Å². The molecular weight excluding hydrogens is 357 g/mol. The molecule has 0 spiro atoms. The molecule has 1 aromatic heterocycles. The van der Waals surface area contributed by atoms with Gasteiger partial charge in [-0.2, -0.15) is 0 Å². The fourth-order valence-corrected chi connectivity index (χ4v) is 2.70. The summed E-state index contributed by atoms with van der Waals surface area (Å²) in [5, 5.41) is 10.8. The van der Waals surface area contributed by atoms with Crippen LogP contribution >= 0.6 is 11.8 Å². The van der Waals surface area contributed by atoms with Crippen LogP contribution in [0, 0.1) is 5.82 Å². The Morgan fingerprint density at radius 3 is 2.77 bits per heavy atom. The number of carbonyl (C=O) groups is 1. The molecule has 6 nitrogen and oxygen atoms in total. The molecule has 1 N–H and O–H groups in total. The van der Waals surface area contributed by atoms with Crippen LogP contribution in [0.3, 0.4) is 0 Å². The predicted octanol–water partition coefficient (Wildman–Crippen LogP) is 4.01. The Balaban J connectivity index is 1.55. The Bertz CT molecular complexity index is 883. The van der Waals surface area contributed by atoms with Crippen molar-refractivity contribution in [3.8, 4) is 17.2 Å². The van der Waals surface area contributed by atoms with E-state index >= 15 is 0 Å². The van der Waals surface area contributed by atoms with Crippen LogP contribution in [-0.2, 0) is 4.79 Å². The standard InChI is InChI=1S/C18H16FN3O3S/c1-2-24-15-8-6-12(7-9-15)17-21-22-18(25-17)26-11-16(23)20-14-5-3-4-13(19)10-14/h3-10H,2,11H2,1H3,(H,20,23). The summed E-state index contributed by atoms with van der Waals surface area (Å²) in [6, 6.07) is 13.0. The Morgan fingerprint density at radius 2 is 2.04 bits per heavy atom. The number of carbonyl (C=O) groups excluding carboxylic acids is 1. The number of nitrogens with zero attached hydrogens (tertiary/aromatic N) is 2. The molecule has 0 aliphatic rings. The quantitative estimate of drug-likeness (QED) is 0.631. The Morgan fingerprint density at radius 1 is 1.23 bits per heavy atom. The van der Waals surface area contributed by atoms with Gasteiger partial charge in [0.05, 0.1) is 12.4 Å². The molecule has 0 unspecified atom stereocenters. The van der Waals surface area contributed by atoms with Crippen LogP contribution in [0.1, 0.15) is 6.92 Å². The molecule has 0 aliphatic carbocycles. The first kappa shape index (κ1) is 17.9. The molecule has 134 valence electrons. The van der Waals surface area contributed by atoms with Gasteiger partial charge in [-0.25, -0.2) is 4.39 Å². The zero-order chi connectivity index (χ0) is 18.4. The average Bonchev–Trinajstić information content (AvgIpc) is 3.10. The van der Waals surface area contributed by atoms with Gasteiger partial charge in [0.2, 0.25) is 11.8 Å². The van der Waals surface area contributed by atoms with Gasteiger partial charge in [-0.1, -0.05) is 17.8 Å². The van der Waals surface area contributed by atoms with E-state index in [0.29, 0.717) is 18.2 Å². The van der Waals surface area contributed by atoms with E-state index in [9.17, 15) is 9.18 Å². The summed E-state index contributed by atoms with van der Waals surface area (Å²) in [6.45, 7) is 2.51. The molecule has 0 bridgehead atoms. The molecular formula is C18H16FN3O3S. The fraction of sp³-hybridized carbons (Fsp3) is 0.167. The zero-order valence-electron chi connectivity index (χ0n) is 13.9. The van der Waals surface area contributed by atoms with Gasteiger partial charge >= 0.3 is 0 Å². The van der Waals surface area contributed by atoms with Gasteiger partial charge in [0, 0.05) is 11.3 Å². The number of nitrogens with one attached hydrogen (secondary N) is 1. The fourth-order valence-electron chi connectivity index (χ4n) is 2.14. The Kier molecular flexibility index (Phi) is 5.85. The number of rotatable bonds is 7. The average molecular weight is 373 g/mol. The van der Waals surface area contributed by atoms with E-state index < -0.39 is 5.82 Å². The molecule has 26 heavy (non-hydrogen) atoms. The van der Waals surface area contributed by atoms with Crippen LogP contribution in [0.15, 0.2) is 58.2 Å². The van der Waals surface area contributed by atoms with Crippen LogP contribution in [-0.4, -0.2) is 28.5 Å². The van der Waals surface area contributed by atoms with Crippen LogP contribution < -0.4 is 10.1 Å². The second kappa shape index (κ2) is 8.48. The van der Waals surface area contributed by atoms with Crippen molar-refractivity contribution in [1.82, 2.24) is 10.2 Å². The molecule has 0 aliphatic heterocycles. The van der Waals surface area contributed by atoms with Crippen molar-refractivity contribution in [1.29, 1.82) is 0 Å². The van der Waals surface area contributed by atoms with Crippen molar-refractivity contribution in [2.24, 2.45) is 0 Å². The maximum Gasteiger partial charge on any atom is 0.277 e. The van der Waals surface area contributed by atoms with Gasteiger partial charge in [0.15, 0.2) is 0 Å². The number of aromatic nitrogens is 2. The third-order valence-corrected chi connectivity index (χ3v) is 4.07. The highest BCUT2D eigenvalue weighted by atomic mass is 32.2. The van der Waals surface area contributed by atoms with Gasteiger partial charge < -0.3 is 14.5 Å². The lowest BCUT2D eigenvalue weighted by atomic mass is 10.2. The molecule has 2 aromatic carbocycles. The third kappa shape index (κ3) is 4.82. The van der Waals surface area contributed by atoms with Gasteiger partial charge in [-0.15, -0.1) is 10.2 Å². The van der Waals surface area contributed by atoms with Crippen LogP contribution in [0.25, 0.3) is 11.5 Å². The van der Waals surface area contributed by atoms with E-state index in [0.717, 1.165) is 23.1 Å². The topological polar surface area (TPSA) is 77.2 Å². The van der Waals surface area contributed by atoms with E-state index in [1.807, 2.05) is 31.2 Å². The van der Waals surface area contributed by atoms with Crippen molar-refractivity contribution in [2.45, 2.75) is 12.1 Å². The van der Waals surface area contributed by atoms with Crippen molar-refractivity contribution in [2.75, 3.05) is 17.7 Å². The highest BCUT2D eigenvalue weighted by Crippen LogP contribution is 2.25. The molecule has 1 amide bonds. The molecule has 0 fully saturated rings. The molecule has 3 rings (SSSR count). The molecule has 0 saturated heterocycles. The minimum absolute atomic E-state index is 0.0709. The highest BCUT2D eigenvalue weighted by molar-refractivity contribution is 7.99. The summed E-state index contributed by atoms with van der Waals surface area (Å²) in [5.41, 5.74) is 1.16. The largest absolute Gasteiger partial charge is 0.494 e. The lowest BCUT2D eigenvalue weighted by Crippen LogP contribution is -2.14. The summed E-state index contributed by atoms with van der Waals surface area (Å²) in [5.74, 6) is 0.496. The van der Waals surface area contributed by atoms with E-state index in [4.69, 9.17) is 9.15 Å². The summed E-state index contributed by atoms with van der Waals surface area (Å²) >= 11 is 1.11. The lowest BCUT2D eigenvalue weighted by molar-refractivity contribution is -0.113. The monoisotopic (exact) mass is 373 g/mol. The molecule has 0 saturated carbocycles. The molecule has 8 heteroatoms. The van der Waals surface area contributed by atoms with E-state index in [2.05, 4.69) is 15.5 Å². The number of thioether (sulfide) groups is 1. The van der Waals surface area contributed by atoms with Gasteiger partial charge in [0.25, 0.3) is 5.22 Å². The number of ether oxygens (including phenoxy) is 1. The van der Waals surface area contributed by atoms with Crippen molar-refractivity contribution in [3.63, 3.8) is 0 Å². The van der Waals surface area contributed by atoms with Crippen LogP contribution in [0.4, 0.5) is 10.1 Å². The van der Waals surface area contributed by atoms with Crippen molar-refractivity contribution < 1.29 is 18.3 Å². The number of hydrogen-bond donors (Lipinski definition) is 1. The summed E-state index contributed by atoms with van der Waals surface area (Å²) in [7, 11) is 0. The first-order valence-corrected chi connectivity index (χ1v) is 8.87. The SMILES string of the molecule is CCOc1ccc(-c2nnc(SCC(=O)Nc3cccc(F)c3)o2)cc1. The second-order valence-electron chi connectivity index (χ2n) is 5.18. The van der Waals surface area contributed by atoms with Crippen molar-refractivity contribution >= 4 is 23.4 Å². The normalized spacial score (nSPS) is 10.5. The number of benzene rings is 2. The third-order valence-electron chi connectivity index (χ3n) is 3.25. The summed E-state index contributed by atoms with van der Waals surface area (Å²) in [4.78, 5) is 11.9. The first-order chi connectivity index (χ1) is 12.6. The van der Waals surface area contributed by atoms with Gasteiger partial charge in [0.1, 0.15) is 11.6 Å². The molecule has 0 atom stereocenters.